The van der Waals surface area contributed by atoms with E-state index in [0.29, 0.717) is 17.5 Å². The zero-order valence-electron chi connectivity index (χ0n) is 11.3. The molecule has 0 aliphatic heterocycles. The van der Waals surface area contributed by atoms with E-state index in [-0.39, 0.29) is 11.3 Å². The van der Waals surface area contributed by atoms with Crippen LogP contribution in [0.1, 0.15) is 32.8 Å². The number of nitrogens with one attached hydrogen (secondary N) is 1. The van der Waals surface area contributed by atoms with Gasteiger partial charge in [-0.2, -0.15) is 0 Å². The topological polar surface area (TPSA) is 38.3 Å². The number of halogens is 1. The lowest BCUT2D eigenvalue weighted by Gasteiger charge is -2.21. The van der Waals surface area contributed by atoms with Crippen molar-refractivity contribution in [2.75, 3.05) is 17.8 Å². The van der Waals surface area contributed by atoms with Crippen LogP contribution in [0.5, 0.6) is 5.75 Å². The molecule has 0 bridgehead atoms. The van der Waals surface area contributed by atoms with Gasteiger partial charge in [0.2, 0.25) is 5.91 Å². The third-order valence-electron chi connectivity index (χ3n) is 2.66. The van der Waals surface area contributed by atoms with E-state index >= 15 is 0 Å². The second-order valence-electron chi connectivity index (χ2n) is 5.15. The fourth-order valence-electron chi connectivity index (χ4n) is 1.57. The number of ether oxygens (including phenoxy) is 1. The molecule has 0 fully saturated rings. The Kier molecular flexibility index (Phi) is 5.20. The lowest BCUT2D eigenvalue weighted by atomic mass is 9.87. The van der Waals surface area contributed by atoms with Gasteiger partial charge in [0, 0.05) is 11.8 Å². The number of benzene rings is 1. The van der Waals surface area contributed by atoms with Gasteiger partial charge in [-0.15, -0.1) is 0 Å². The predicted molar refractivity (Wildman–Crippen MR) is 78.7 cm³/mol. The minimum absolute atomic E-state index is 0.0174. The number of rotatable bonds is 4. The van der Waals surface area contributed by atoms with E-state index in [0.717, 1.165) is 11.3 Å². The smallest absolute Gasteiger partial charge is 0.225 e. The highest BCUT2D eigenvalue weighted by molar-refractivity contribution is 9.09. The molecule has 4 heteroatoms. The maximum atomic E-state index is 11.6. The number of carbonyl (C=O) groups excluding carboxylic acids is 1. The number of carbonyl (C=O) groups is 1. The first-order chi connectivity index (χ1) is 8.38. The van der Waals surface area contributed by atoms with E-state index in [1.165, 1.54) is 0 Å². The third-order valence-corrected chi connectivity index (χ3v) is 3.06. The van der Waals surface area contributed by atoms with E-state index in [1.807, 2.05) is 18.2 Å². The van der Waals surface area contributed by atoms with Gasteiger partial charge >= 0.3 is 0 Å². The Morgan fingerprint density at radius 2 is 2.06 bits per heavy atom. The summed E-state index contributed by atoms with van der Waals surface area (Å²) < 4.78 is 5.27. The second-order valence-corrected chi connectivity index (χ2v) is 5.95. The molecule has 0 spiro atoms. The Morgan fingerprint density at radius 1 is 1.39 bits per heavy atom. The predicted octanol–water partition coefficient (Wildman–Crippen LogP) is 3.72. The van der Waals surface area contributed by atoms with Crippen molar-refractivity contribution in [3.63, 3.8) is 0 Å². The molecular formula is C14H20BrNO2. The molecular weight excluding hydrogens is 294 g/mol. The fourth-order valence-corrected chi connectivity index (χ4v) is 1.93. The molecule has 0 saturated heterocycles. The molecule has 100 valence electrons. The molecule has 1 amide bonds. The van der Waals surface area contributed by atoms with Crippen molar-refractivity contribution in [3.05, 3.63) is 23.8 Å². The van der Waals surface area contributed by atoms with Crippen molar-refractivity contribution in [1.29, 1.82) is 0 Å². The van der Waals surface area contributed by atoms with E-state index in [1.54, 1.807) is 7.11 Å². The average molecular weight is 314 g/mol. The first-order valence-electron chi connectivity index (χ1n) is 5.93. The van der Waals surface area contributed by atoms with Crippen LogP contribution in [-0.4, -0.2) is 18.3 Å². The Labute approximate surface area is 117 Å². The molecule has 1 N–H and O–H groups in total. The number of alkyl halides is 1. The minimum Gasteiger partial charge on any atom is -0.495 e. The molecule has 0 unspecified atom stereocenters. The van der Waals surface area contributed by atoms with Crippen LogP contribution in [0.15, 0.2) is 18.2 Å². The molecule has 1 aromatic carbocycles. The van der Waals surface area contributed by atoms with Crippen molar-refractivity contribution in [1.82, 2.24) is 0 Å². The average Bonchev–Trinajstić information content (AvgIpc) is 2.28. The van der Waals surface area contributed by atoms with Crippen LogP contribution in [0.2, 0.25) is 0 Å². The van der Waals surface area contributed by atoms with Gasteiger partial charge in [0.25, 0.3) is 0 Å². The molecule has 0 aromatic heterocycles. The molecule has 0 saturated carbocycles. The molecule has 1 rings (SSSR count). The van der Waals surface area contributed by atoms with E-state index in [4.69, 9.17) is 4.74 Å². The monoisotopic (exact) mass is 313 g/mol. The highest BCUT2D eigenvalue weighted by Crippen LogP contribution is 2.31. The molecule has 0 aliphatic rings. The van der Waals surface area contributed by atoms with Gasteiger partial charge < -0.3 is 10.1 Å². The summed E-state index contributed by atoms with van der Waals surface area (Å²) in [6.45, 7) is 6.41. The summed E-state index contributed by atoms with van der Waals surface area (Å²) in [4.78, 5) is 11.6. The summed E-state index contributed by atoms with van der Waals surface area (Å²) >= 11 is 3.25. The largest absolute Gasteiger partial charge is 0.495 e. The van der Waals surface area contributed by atoms with Gasteiger partial charge in [0.05, 0.1) is 12.8 Å². The minimum atomic E-state index is -0.0174. The number of amides is 1. The summed E-state index contributed by atoms with van der Waals surface area (Å²) in [5.74, 6) is 0.669. The SMILES string of the molecule is COc1ccc(C(C)(C)C)cc1NC(=O)CCBr. The zero-order valence-corrected chi connectivity index (χ0v) is 12.9. The Bertz CT molecular complexity index is 424. The zero-order chi connectivity index (χ0) is 13.8. The van der Waals surface area contributed by atoms with Crippen molar-refractivity contribution in [3.8, 4) is 5.75 Å². The number of anilines is 1. The summed E-state index contributed by atoms with van der Waals surface area (Å²) in [5, 5.41) is 3.53. The second kappa shape index (κ2) is 6.23. The maximum absolute atomic E-state index is 11.6. The first-order valence-corrected chi connectivity index (χ1v) is 7.05. The van der Waals surface area contributed by atoms with Crippen LogP contribution >= 0.6 is 15.9 Å². The summed E-state index contributed by atoms with van der Waals surface area (Å²) in [6.07, 6.45) is 0.447. The van der Waals surface area contributed by atoms with Gasteiger partial charge in [0.1, 0.15) is 5.75 Å². The van der Waals surface area contributed by atoms with E-state index < -0.39 is 0 Å². The number of methoxy groups -OCH3 is 1. The molecule has 0 atom stereocenters. The van der Waals surface area contributed by atoms with Gasteiger partial charge in [-0.25, -0.2) is 0 Å². The molecule has 1 aromatic rings. The standard InChI is InChI=1S/C14H20BrNO2/c1-14(2,3)10-5-6-12(18-4)11(9-10)16-13(17)7-8-15/h5-6,9H,7-8H2,1-4H3,(H,16,17). The van der Waals surface area contributed by atoms with Crippen molar-refractivity contribution >= 4 is 27.5 Å². The molecule has 3 nitrogen and oxygen atoms in total. The summed E-state index contributed by atoms with van der Waals surface area (Å²) in [7, 11) is 1.60. The van der Waals surface area contributed by atoms with Gasteiger partial charge in [0.15, 0.2) is 0 Å². The van der Waals surface area contributed by atoms with Crippen LogP contribution in [0.4, 0.5) is 5.69 Å². The Morgan fingerprint density at radius 3 is 2.56 bits per heavy atom. The van der Waals surface area contributed by atoms with Crippen LogP contribution in [-0.2, 0) is 10.2 Å². The maximum Gasteiger partial charge on any atom is 0.225 e. The molecule has 0 heterocycles. The number of hydrogen-bond donors (Lipinski definition) is 1. The lowest BCUT2D eigenvalue weighted by molar-refractivity contribution is -0.115. The number of hydrogen-bond acceptors (Lipinski definition) is 2. The van der Waals surface area contributed by atoms with Crippen molar-refractivity contribution in [2.24, 2.45) is 0 Å². The molecule has 0 radical (unpaired) electrons. The normalized spacial score (nSPS) is 11.2. The van der Waals surface area contributed by atoms with E-state index in [9.17, 15) is 4.79 Å². The highest BCUT2D eigenvalue weighted by atomic mass is 79.9. The Balaban J connectivity index is 3.03. The van der Waals surface area contributed by atoms with Crippen LogP contribution in [0.3, 0.4) is 0 Å². The fraction of sp³-hybridized carbons (Fsp3) is 0.500. The quantitative estimate of drug-likeness (QED) is 0.860. The highest BCUT2D eigenvalue weighted by Gasteiger charge is 2.16. The van der Waals surface area contributed by atoms with E-state index in [2.05, 4.69) is 42.0 Å². The van der Waals surface area contributed by atoms with Crippen LogP contribution < -0.4 is 10.1 Å². The van der Waals surface area contributed by atoms with Crippen molar-refractivity contribution < 1.29 is 9.53 Å². The van der Waals surface area contributed by atoms with Crippen molar-refractivity contribution in [2.45, 2.75) is 32.6 Å². The first kappa shape index (κ1) is 15.0. The molecule has 18 heavy (non-hydrogen) atoms. The Hall–Kier alpha value is -1.03. The van der Waals surface area contributed by atoms with Crippen LogP contribution in [0, 0.1) is 0 Å². The third kappa shape index (κ3) is 4.02. The summed E-state index contributed by atoms with van der Waals surface area (Å²) in [5.41, 5.74) is 1.94. The van der Waals surface area contributed by atoms with Gasteiger partial charge in [-0.1, -0.05) is 42.8 Å². The van der Waals surface area contributed by atoms with Gasteiger partial charge in [-0.05, 0) is 23.1 Å². The lowest BCUT2D eigenvalue weighted by Crippen LogP contribution is -2.15. The van der Waals surface area contributed by atoms with Crippen LogP contribution in [0.25, 0.3) is 0 Å². The molecule has 0 aliphatic carbocycles. The summed E-state index contributed by atoms with van der Waals surface area (Å²) in [6, 6.07) is 5.90. The van der Waals surface area contributed by atoms with Gasteiger partial charge in [-0.3, -0.25) is 4.79 Å².